The van der Waals surface area contributed by atoms with Crippen LogP contribution in [0.5, 0.6) is 0 Å². The highest BCUT2D eigenvalue weighted by Crippen LogP contribution is 2.40. The van der Waals surface area contributed by atoms with Crippen LogP contribution in [-0.2, 0) is 5.75 Å². The smallest absolute Gasteiger partial charge is 0.234 e. The SMILES string of the molecule is Cc1cc(C)n2cc(CSc3nc(C4CC4)n(-c4ccccc4)n3)nc2n1. The van der Waals surface area contributed by atoms with Gasteiger partial charge in [-0.1, -0.05) is 30.0 Å². The van der Waals surface area contributed by atoms with E-state index in [0.29, 0.717) is 5.92 Å². The highest BCUT2D eigenvalue weighted by Gasteiger charge is 2.30. The molecule has 0 bridgehead atoms. The summed E-state index contributed by atoms with van der Waals surface area (Å²) in [5.41, 5.74) is 4.19. The maximum Gasteiger partial charge on any atom is 0.234 e. The van der Waals surface area contributed by atoms with Crippen molar-refractivity contribution in [3.63, 3.8) is 0 Å². The largest absolute Gasteiger partial charge is 0.288 e. The van der Waals surface area contributed by atoms with Gasteiger partial charge in [0.05, 0.1) is 11.4 Å². The van der Waals surface area contributed by atoms with Crippen LogP contribution in [0.25, 0.3) is 11.5 Å². The van der Waals surface area contributed by atoms with Crippen LogP contribution in [0.2, 0.25) is 0 Å². The molecule has 136 valence electrons. The summed E-state index contributed by atoms with van der Waals surface area (Å²) in [5.74, 6) is 3.10. The van der Waals surface area contributed by atoms with E-state index in [9.17, 15) is 0 Å². The number of aryl methyl sites for hydroxylation is 2. The highest BCUT2D eigenvalue weighted by molar-refractivity contribution is 7.98. The van der Waals surface area contributed by atoms with Crippen molar-refractivity contribution in [3.05, 3.63) is 65.5 Å². The topological polar surface area (TPSA) is 60.9 Å². The number of thioether (sulfide) groups is 1. The Labute approximate surface area is 161 Å². The first kappa shape index (κ1) is 16.5. The lowest BCUT2D eigenvalue weighted by Crippen LogP contribution is -2.01. The molecule has 27 heavy (non-hydrogen) atoms. The van der Waals surface area contributed by atoms with E-state index >= 15 is 0 Å². The number of imidazole rings is 1. The molecule has 0 amide bonds. The van der Waals surface area contributed by atoms with E-state index in [4.69, 9.17) is 10.1 Å². The van der Waals surface area contributed by atoms with Gasteiger partial charge in [0.25, 0.3) is 0 Å². The summed E-state index contributed by atoms with van der Waals surface area (Å²) in [6.45, 7) is 4.07. The molecule has 0 saturated heterocycles. The zero-order chi connectivity index (χ0) is 18.4. The number of rotatable bonds is 5. The predicted octanol–water partition coefficient (Wildman–Crippen LogP) is 4.10. The van der Waals surface area contributed by atoms with Crippen LogP contribution in [0.15, 0.2) is 47.8 Å². The normalized spacial score (nSPS) is 14.1. The summed E-state index contributed by atoms with van der Waals surface area (Å²) in [6, 6.07) is 12.3. The molecule has 0 spiro atoms. The zero-order valence-corrected chi connectivity index (χ0v) is 16.1. The van der Waals surface area contributed by atoms with Gasteiger partial charge in [0.1, 0.15) is 5.82 Å². The lowest BCUT2D eigenvalue weighted by molar-refractivity contribution is 0.782. The molecule has 0 unspecified atom stereocenters. The second-order valence-electron chi connectivity index (χ2n) is 7.00. The molecule has 1 saturated carbocycles. The summed E-state index contributed by atoms with van der Waals surface area (Å²) in [4.78, 5) is 14.0. The summed E-state index contributed by atoms with van der Waals surface area (Å²) in [7, 11) is 0. The van der Waals surface area contributed by atoms with Crippen LogP contribution in [-0.4, -0.2) is 29.1 Å². The lowest BCUT2D eigenvalue weighted by atomic mass is 10.3. The minimum Gasteiger partial charge on any atom is -0.288 e. The predicted molar refractivity (Wildman–Crippen MR) is 105 cm³/mol. The monoisotopic (exact) mass is 376 g/mol. The van der Waals surface area contributed by atoms with Gasteiger partial charge in [0.2, 0.25) is 10.9 Å². The summed E-state index contributed by atoms with van der Waals surface area (Å²) in [6.07, 6.45) is 4.46. The Bertz CT molecular complexity index is 1110. The molecule has 1 aliphatic rings. The molecule has 1 fully saturated rings. The number of hydrogen-bond acceptors (Lipinski definition) is 5. The van der Waals surface area contributed by atoms with E-state index < -0.39 is 0 Å². The van der Waals surface area contributed by atoms with Gasteiger partial charge in [-0.05, 0) is 44.9 Å². The highest BCUT2D eigenvalue weighted by atomic mass is 32.2. The van der Waals surface area contributed by atoms with Crippen molar-refractivity contribution >= 4 is 17.5 Å². The molecule has 0 radical (unpaired) electrons. The standard InChI is InChI=1S/C20H20N6S/c1-13-10-14(2)25-11-16(22-19(25)21-13)12-27-20-23-18(15-8-9-15)26(24-20)17-6-4-3-5-7-17/h3-7,10-11,15H,8-9,12H2,1-2H3. The molecule has 0 aliphatic heterocycles. The number of benzene rings is 1. The summed E-state index contributed by atoms with van der Waals surface area (Å²) >= 11 is 1.63. The van der Waals surface area contributed by atoms with Gasteiger partial charge in [-0.25, -0.2) is 19.6 Å². The van der Waals surface area contributed by atoms with E-state index in [1.807, 2.05) is 34.2 Å². The first-order chi connectivity index (χ1) is 13.2. The molecule has 0 N–H and O–H groups in total. The maximum absolute atomic E-state index is 4.81. The van der Waals surface area contributed by atoms with Crippen LogP contribution < -0.4 is 0 Å². The van der Waals surface area contributed by atoms with Crippen molar-refractivity contribution in [1.29, 1.82) is 0 Å². The van der Waals surface area contributed by atoms with E-state index in [-0.39, 0.29) is 0 Å². The van der Waals surface area contributed by atoms with Crippen LogP contribution in [0.4, 0.5) is 0 Å². The first-order valence-corrected chi connectivity index (χ1v) is 10.1. The van der Waals surface area contributed by atoms with Gasteiger partial charge in [0, 0.05) is 29.3 Å². The molecule has 7 heteroatoms. The average molecular weight is 376 g/mol. The third-order valence-corrected chi connectivity index (χ3v) is 5.59. The van der Waals surface area contributed by atoms with Crippen molar-refractivity contribution in [1.82, 2.24) is 29.1 Å². The van der Waals surface area contributed by atoms with Gasteiger partial charge in [-0.15, -0.1) is 5.10 Å². The minimum atomic E-state index is 0.539. The molecular formula is C20H20N6S. The third-order valence-electron chi connectivity index (χ3n) is 4.72. The molecule has 5 rings (SSSR count). The Morgan fingerprint density at radius 2 is 1.89 bits per heavy atom. The van der Waals surface area contributed by atoms with Gasteiger partial charge >= 0.3 is 0 Å². The van der Waals surface area contributed by atoms with E-state index in [1.165, 1.54) is 12.8 Å². The molecule has 0 atom stereocenters. The second-order valence-corrected chi connectivity index (χ2v) is 7.95. The second kappa shape index (κ2) is 6.49. The Hall–Kier alpha value is -2.67. The Morgan fingerprint density at radius 1 is 1.07 bits per heavy atom. The van der Waals surface area contributed by atoms with Crippen molar-refractivity contribution in [2.24, 2.45) is 0 Å². The Balaban J connectivity index is 1.41. The Morgan fingerprint density at radius 3 is 2.67 bits per heavy atom. The fourth-order valence-electron chi connectivity index (χ4n) is 3.26. The Kier molecular flexibility index (Phi) is 3.97. The van der Waals surface area contributed by atoms with Crippen LogP contribution in [0.1, 0.15) is 41.7 Å². The van der Waals surface area contributed by atoms with Crippen LogP contribution in [0, 0.1) is 13.8 Å². The fourth-order valence-corrected chi connectivity index (χ4v) is 3.97. The molecular weight excluding hydrogens is 356 g/mol. The quantitative estimate of drug-likeness (QED) is 0.491. The molecule has 1 aliphatic carbocycles. The minimum absolute atomic E-state index is 0.539. The van der Waals surface area contributed by atoms with Crippen molar-refractivity contribution in [3.8, 4) is 5.69 Å². The van der Waals surface area contributed by atoms with Gasteiger partial charge in [-0.2, -0.15) is 0 Å². The molecule has 3 heterocycles. The van der Waals surface area contributed by atoms with Gasteiger partial charge in [-0.3, -0.25) is 4.40 Å². The van der Waals surface area contributed by atoms with Gasteiger partial charge < -0.3 is 0 Å². The van der Waals surface area contributed by atoms with Crippen LogP contribution >= 0.6 is 11.8 Å². The fraction of sp³-hybridized carbons (Fsp3) is 0.300. The molecule has 3 aromatic heterocycles. The summed E-state index contributed by atoms with van der Waals surface area (Å²) in [5, 5.41) is 5.56. The average Bonchev–Trinajstić information content (AvgIpc) is 3.28. The van der Waals surface area contributed by atoms with Crippen molar-refractivity contribution in [2.75, 3.05) is 0 Å². The first-order valence-electron chi connectivity index (χ1n) is 9.15. The number of aromatic nitrogens is 6. The molecule has 1 aromatic carbocycles. The third kappa shape index (κ3) is 3.23. The number of nitrogens with zero attached hydrogens (tertiary/aromatic N) is 6. The lowest BCUT2D eigenvalue weighted by Gasteiger charge is -2.03. The summed E-state index contributed by atoms with van der Waals surface area (Å²) < 4.78 is 4.03. The van der Waals surface area contributed by atoms with Crippen molar-refractivity contribution in [2.45, 2.75) is 43.5 Å². The van der Waals surface area contributed by atoms with Crippen LogP contribution in [0.3, 0.4) is 0 Å². The zero-order valence-electron chi connectivity index (χ0n) is 15.3. The van der Waals surface area contributed by atoms with Gasteiger partial charge in [0.15, 0.2) is 0 Å². The van der Waals surface area contributed by atoms with Crippen molar-refractivity contribution < 1.29 is 0 Å². The number of para-hydroxylation sites is 1. The number of fused-ring (bicyclic) bond motifs is 1. The van der Waals surface area contributed by atoms with E-state index in [2.05, 4.69) is 41.3 Å². The maximum atomic E-state index is 4.81. The van der Waals surface area contributed by atoms with E-state index in [1.54, 1.807) is 11.8 Å². The molecule has 6 nitrogen and oxygen atoms in total. The van der Waals surface area contributed by atoms with E-state index in [0.717, 1.165) is 45.3 Å². The molecule has 4 aromatic rings. The number of hydrogen-bond donors (Lipinski definition) is 0.